The average Bonchev–Trinajstić information content (AvgIpc) is 2.01. The Morgan fingerprint density at radius 1 is 1.55 bits per heavy atom. The molecule has 0 bridgehead atoms. The summed E-state index contributed by atoms with van der Waals surface area (Å²) in [5.41, 5.74) is 0. The molecule has 0 spiro atoms. The Balaban J connectivity index is 3.27. The van der Waals surface area contributed by atoms with Crippen LogP contribution in [0.25, 0.3) is 0 Å². The highest BCUT2D eigenvalue weighted by atomic mass is 16.1. The summed E-state index contributed by atoms with van der Waals surface area (Å²) in [6, 6.07) is 0. The largest absolute Gasteiger partial charge is 0.317 e. The van der Waals surface area contributed by atoms with Gasteiger partial charge in [-0.1, -0.05) is 12.8 Å². The molecule has 0 heterocycles. The zero-order chi connectivity index (χ0) is 8.53. The molecule has 0 amide bonds. The van der Waals surface area contributed by atoms with Crippen molar-refractivity contribution in [2.24, 2.45) is 0 Å². The first-order chi connectivity index (χ1) is 5.31. The molecule has 0 aromatic rings. The summed E-state index contributed by atoms with van der Waals surface area (Å²) in [6.07, 6.45) is 1.00. The number of carbonyl (C=O) groups is 1. The molecule has 0 saturated heterocycles. The summed E-state index contributed by atoms with van der Waals surface area (Å²) in [7, 11) is 0. The highest BCUT2D eigenvalue weighted by Crippen LogP contribution is 1.86. The summed E-state index contributed by atoms with van der Waals surface area (Å²) in [6.45, 7) is 5.47. The van der Waals surface area contributed by atoms with E-state index in [0.29, 0.717) is 12.8 Å². The second-order valence-electron chi connectivity index (χ2n) is 2.25. The topological polar surface area (TPSA) is 29.1 Å². The van der Waals surface area contributed by atoms with Crippen LogP contribution in [-0.4, -0.2) is 18.9 Å². The van der Waals surface area contributed by atoms with E-state index in [9.17, 15) is 4.79 Å². The number of carbonyl (C=O) groups excluding carboxylic acids is 1. The van der Waals surface area contributed by atoms with Crippen LogP contribution in [0.2, 0.25) is 0 Å². The van der Waals surface area contributed by atoms with Crippen LogP contribution in [0.1, 0.15) is 26.7 Å². The van der Waals surface area contributed by atoms with Crippen LogP contribution in [0.5, 0.6) is 0 Å². The molecular weight excluding hydrogens is 138 g/mol. The maximum atomic E-state index is 10.9. The van der Waals surface area contributed by atoms with Crippen LogP contribution in [0.3, 0.4) is 0 Å². The van der Waals surface area contributed by atoms with Gasteiger partial charge in [0, 0.05) is 13.0 Å². The van der Waals surface area contributed by atoms with Crippen molar-refractivity contribution in [1.29, 1.82) is 0 Å². The number of hydrogen-bond donors (Lipinski definition) is 1. The second kappa shape index (κ2) is 7.30. The van der Waals surface area contributed by atoms with Gasteiger partial charge in [0.25, 0.3) is 0 Å². The van der Waals surface area contributed by atoms with Gasteiger partial charge in [-0.05, 0) is 13.5 Å². The summed E-state index contributed by atoms with van der Waals surface area (Å²) >= 11 is 0. The van der Waals surface area contributed by atoms with E-state index >= 15 is 0 Å². The van der Waals surface area contributed by atoms with E-state index in [1.165, 1.54) is 0 Å². The van der Waals surface area contributed by atoms with Gasteiger partial charge < -0.3 is 5.32 Å². The van der Waals surface area contributed by atoms with E-state index in [2.05, 4.69) is 17.2 Å². The van der Waals surface area contributed by atoms with Gasteiger partial charge in [-0.2, -0.15) is 0 Å². The smallest absolute Gasteiger partial charge is 0.146 e. The van der Waals surface area contributed by atoms with Gasteiger partial charge in [0.1, 0.15) is 5.78 Å². The first kappa shape index (κ1) is 10.2. The predicted octanol–water partition coefficient (Wildman–Crippen LogP) is 0.969. The first-order valence-corrected chi connectivity index (χ1v) is 3.93. The van der Waals surface area contributed by atoms with Gasteiger partial charge in [0.15, 0.2) is 0 Å². The molecule has 62 valence electrons. The van der Waals surface area contributed by atoms with Crippen molar-refractivity contribution in [3.8, 4) is 11.8 Å². The Kier molecular flexibility index (Phi) is 6.76. The summed E-state index contributed by atoms with van der Waals surface area (Å²) in [4.78, 5) is 10.9. The summed E-state index contributed by atoms with van der Waals surface area (Å²) in [5, 5.41) is 3.09. The number of hydrogen-bond acceptors (Lipinski definition) is 2. The van der Waals surface area contributed by atoms with Crippen molar-refractivity contribution < 1.29 is 4.79 Å². The highest BCUT2D eigenvalue weighted by molar-refractivity contribution is 5.80. The number of nitrogens with one attached hydrogen (secondary N) is 1. The summed E-state index contributed by atoms with van der Waals surface area (Å²) < 4.78 is 0. The van der Waals surface area contributed by atoms with Gasteiger partial charge in [-0.15, -0.1) is 5.92 Å². The minimum absolute atomic E-state index is 0.223. The Labute approximate surface area is 68.4 Å². The van der Waals surface area contributed by atoms with E-state index in [4.69, 9.17) is 0 Å². The molecule has 2 heteroatoms. The minimum atomic E-state index is 0.223. The zero-order valence-corrected chi connectivity index (χ0v) is 7.24. The number of Topliss-reactive ketones (excluding diaryl/α,β-unsaturated/α-hetero) is 1. The Bertz CT molecular complexity index is 164. The molecular formula is C9H15NO. The molecule has 0 radical (unpaired) electrons. The van der Waals surface area contributed by atoms with E-state index in [1.807, 2.05) is 6.92 Å². The Morgan fingerprint density at radius 2 is 2.27 bits per heavy atom. The lowest BCUT2D eigenvalue weighted by atomic mass is 10.2. The molecule has 1 N–H and O–H groups in total. The normalized spacial score (nSPS) is 8.55. The van der Waals surface area contributed by atoms with Crippen molar-refractivity contribution in [3.63, 3.8) is 0 Å². The van der Waals surface area contributed by atoms with Gasteiger partial charge >= 0.3 is 0 Å². The van der Waals surface area contributed by atoms with Crippen LogP contribution < -0.4 is 5.32 Å². The van der Waals surface area contributed by atoms with Crippen LogP contribution in [0.4, 0.5) is 0 Å². The molecule has 0 aromatic carbocycles. The van der Waals surface area contributed by atoms with Gasteiger partial charge in [-0.25, -0.2) is 0 Å². The standard InChI is InChI=1S/C9H15NO/c1-3-5-6-9(11)7-8-10-4-2/h10H,4,6-8H2,1-2H3. The van der Waals surface area contributed by atoms with Gasteiger partial charge in [0.05, 0.1) is 6.42 Å². The maximum Gasteiger partial charge on any atom is 0.146 e. The fourth-order valence-electron chi connectivity index (χ4n) is 0.680. The monoisotopic (exact) mass is 153 g/mol. The molecule has 2 nitrogen and oxygen atoms in total. The van der Waals surface area contributed by atoms with Crippen LogP contribution in [-0.2, 0) is 4.79 Å². The van der Waals surface area contributed by atoms with E-state index in [-0.39, 0.29) is 5.78 Å². The van der Waals surface area contributed by atoms with Crippen molar-refractivity contribution >= 4 is 5.78 Å². The fraction of sp³-hybridized carbons (Fsp3) is 0.667. The van der Waals surface area contributed by atoms with Crippen molar-refractivity contribution in [3.05, 3.63) is 0 Å². The third-order valence-electron chi connectivity index (χ3n) is 1.29. The van der Waals surface area contributed by atoms with E-state index in [0.717, 1.165) is 13.1 Å². The van der Waals surface area contributed by atoms with E-state index < -0.39 is 0 Å². The third kappa shape index (κ3) is 7.08. The lowest BCUT2D eigenvalue weighted by molar-refractivity contribution is -0.118. The molecule has 0 atom stereocenters. The van der Waals surface area contributed by atoms with Crippen LogP contribution in [0.15, 0.2) is 0 Å². The Hall–Kier alpha value is -0.810. The number of rotatable bonds is 5. The predicted molar refractivity (Wildman–Crippen MR) is 46.2 cm³/mol. The fourth-order valence-corrected chi connectivity index (χ4v) is 0.680. The lowest BCUT2D eigenvalue weighted by Gasteiger charge is -1.97. The molecule has 0 unspecified atom stereocenters. The molecule has 0 fully saturated rings. The first-order valence-electron chi connectivity index (χ1n) is 3.93. The van der Waals surface area contributed by atoms with Gasteiger partial charge in [0.2, 0.25) is 0 Å². The van der Waals surface area contributed by atoms with Crippen LogP contribution >= 0.6 is 0 Å². The lowest BCUT2D eigenvalue weighted by Crippen LogP contribution is -2.17. The molecule has 0 aliphatic heterocycles. The molecule has 0 rings (SSSR count). The van der Waals surface area contributed by atoms with Crippen molar-refractivity contribution in [2.75, 3.05) is 13.1 Å². The summed E-state index contributed by atoms with van der Waals surface area (Å²) in [5.74, 6) is 5.67. The van der Waals surface area contributed by atoms with Crippen molar-refractivity contribution in [2.45, 2.75) is 26.7 Å². The van der Waals surface area contributed by atoms with Gasteiger partial charge in [-0.3, -0.25) is 4.79 Å². The second-order valence-corrected chi connectivity index (χ2v) is 2.25. The molecule has 0 saturated carbocycles. The molecule has 11 heavy (non-hydrogen) atoms. The van der Waals surface area contributed by atoms with Crippen molar-refractivity contribution in [1.82, 2.24) is 5.32 Å². The molecule has 0 aromatic heterocycles. The number of ketones is 1. The van der Waals surface area contributed by atoms with E-state index in [1.54, 1.807) is 6.92 Å². The van der Waals surface area contributed by atoms with Crippen LogP contribution in [0, 0.1) is 11.8 Å². The quantitative estimate of drug-likeness (QED) is 0.471. The maximum absolute atomic E-state index is 10.9. The SMILES string of the molecule is CC#CCC(=O)CCNCC. The average molecular weight is 153 g/mol. The zero-order valence-electron chi connectivity index (χ0n) is 7.24. The minimum Gasteiger partial charge on any atom is -0.317 e. The molecule has 0 aliphatic rings. The molecule has 0 aliphatic carbocycles. The third-order valence-corrected chi connectivity index (χ3v) is 1.29. The Morgan fingerprint density at radius 3 is 2.82 bits per heavy atom. The highest BCUT2D eigenvalue weighted by Gasteiger charge is 1.96.